The van der Waals surface area contributed by atoms with E-state index in [2.05, 4.69) is 50.2 Å². The zero-order valence-electron chi connectivity index (χ0n) is 9.73. The Morgan fingerprint density at radius 1 is 1.12 bits per heavy atom. The van der Waals surface area contributed by atoms with Crippen molar-refractivity contribution in [3.63, 3.8) is 0 Å². The molecule has 0 aliphatic rings. The molecular weight excluding hydrogens is 214 g/mol. The molecule has 2 rings (SSSR count). The van der Waals surface area contributed by atoms with Crippen LogP contribution in [0, 0.1) is 13.8 Å². The Morgan fingerprint density at radius 3 is 2.50 bits per heavy atom. The van der Waals surface area contributed by atoms with Crippen molar-refractivity contribution in [1.29, 1.82) is 0 Å². The van der Waals surface area contributed by atoms with Gasteiger partial charge in [0.25, 0.3) is 0 Å². The van der Waals surface area contributed by atoms with Crippen LogP contribution in [0.4, 0.5) is 0 Å². The summed E-state index contributed by atoms with van der Waals surface area (Å²) < 4.78 is 0. The standard InChI is InChI=1S/C14H17NS/c1-10-5-3-4-6-12(10)9-13(15)14-8-7-11(2)16-14/h3-8,13H,9,15H2,1-2H3. The second kappa shape index (κ2) is 4.81. The van der Waals surface area contributed by atoms with Gasteiger partial charge in [0.1, 0.15) is 0 Å². The minimum atomic E-state index is 0.125. The molecule has 2 N–H and O–H groups in total. The smallest absolute Gasteiger partial charge is 0.0430 e. The maximum absolute atomic E-state index is 6.22. The Hall–Kier alpha value is -1.12. The van der Waals surface area contributed by atoms with Crippen LogP contribution in [0.1, 0.15) is 26.9 Å². The number of thiophene rings is 1. The Kier molecular flexibility index (Phi) is 3.42. The van der Waals surface area contributed by atoms with Crippen molar-refractivity contribution >= 4 is 11.3 Å². The van der Waals surface area contributed by atoms with E-state index in [1.165, 1.54) is 20.9 Å². The maximum Gasteiger partial charge on any atom is 0.0430 e. The molecule has 0 aliphatic heterocycles. The third kappa shape index (κ3) is 2.52. The zero-order valence-corrected chi connectivity index (χ0v) is 10.6. The van der Waals surface area contributed by atoms with Crippen molar-refractivity contribution in [2.24, 2.45) is 5.73 Å². The number of benzene rings is 1. The summed E-state index contributed by atoms with van der Waals surface area (Å²) in [4.78, 5) is 2.61. The van der Waals surface area contributed by atoms with Gasteiger partial charge in [-0.1, -0.05) is 24.3 Å². The summed E-state index contributed by atoms with van der Waals surface area (Å²) in [6, 6.07) is 12.9. The molecule has 0 amide bonds. The quantitative estimate of drug-likeness (QED) is 0.858. The number of nitrogens with two attached hydrogens (primary N) is 1. The highest BCUT2D eigenvalue weighted by Gasteiger charge is 2.10. The van der Waals surface area contributed by atoms with Crippen molar-refractivity contribution in [3.8, 4) is 0 Å². The minimum Gasteiger partial charge on any atom is -0.323 e. The second-order valence-electron chi connectivity index (χ2n) is 4.19. The molecule has 0 spiro atoms. The summed E-state index contributed by atoms with van der Waals surface area (Å²) in [6.07, 6.45) is 0.923. The molecule has 0 saturated carbocycles. The summed E-state index contributed by atoms with van der Waals surface area (Å²) in [6.45, 7) is 4.26. The van der Waals surface area contributed by atoms with Crippen molar-refractivity contribution in [1.82, 2.24) is 0 Å². The van der Waals surface area contributed by atoms with Crippen molar-refractivity contribution in [2.75, 3.05) is 0 Å². The van der Waals surface area contributed by atoms with Crippen molar-refractivity contribution in [2.45, 2.75) is 26.3 Å². The molecule has 2 heteroatoms. The lowest BCUT2D eigenvalue weighted by Crippen LogP contribution is -2.12. The first-order valence-corrected chi connectivity index (χ1v) is 6.35. The number of hydrogen-bond donors (Lipinski definition) is 1. The fraction of sp³-hybridized carbons (Fsp3) is 0.286. The lowest BCUT2D eigenvalue weighted by Gasteiger charge is -2.11. The predicted octanol–water partition coefficient (Wildman–Crippen LogP) is 3.61. The van der Waals surface area contributed by atoms with E-state index in [-0.39, 0.29) is 6.04 Å². The molecule has 1 aromatic carbocycles. The van der Waals surface area contributed by atoms with E-state index in [0.29, 0.717) is 0 Å². The lowest BCUT2D eigenvalue weighted by atomic mass is 10.0. The van der Waals surface area contributed by atoms with Gasteiger partial charge >= 0.3 is 0 Å². The van der Waals surface area contributed by atoms with E-state index in [0.717, 1.165) is 6.42 Å². The molecule has 0 aliphatic carbocycles. The highest BCUT2D eigenvalue weighted by molar-refractivity contribution is 7.12. The van der Waals surface area contributed by atoms with E-state index < -0.39 is 0 Å². The van der Waals surface area contributed by atoms with Gasteiger partial charge in [0.05, 0.1) is 0 Å². The third-order valence-corrected chi connectivity index (χ3v) is 3.96. The first-order valence-electron chi connectivity index (χ1n) is 5.53. The van der Waals surface area contributed by atoms with Crippen LogP contribution >= 0.6 is 11.3 Å². The summed E-state index contributed by atoms with van der Waals surface area (Å²) in [7, 11) is 0. The van der Waals surface area contributed by atoms with Gasteiger partial charge in [0.2, 0.25) is 0 Å². The van der Waals surface area contributed by atoms with Gasteiger partial charge in [-0.15, -0.1) is 11.3 Å². The average Bonchev–Trinajstić information content (AvgIpc) is 2.68. The predicted molar refractivity (Wildman–Crippen MR) is 70.9 cm³/mol. The van der Waals surface area contributed by atoms with Crippen molar-refractivity contribution in [3.05, 3.63) is 57.3 Å². The maximum atomic E-state index is 6.22. The Bertz CT molecular complexity index is 473. The van der Waals surface area contributed by atoms with Gasteiger partial charge in [-0.3, -0.25) is 0 Å². The summed E-state index contributed by atoms with van der Waals surface area (Å²) >= 11 is 1.80. The topological polar surface area (TPSA) is 26.0 Å². The molecule has 84 valence electrons. The highest BCUT2D eigenvalue weighted by atomic mass is 32.1. The second-order valence-corrected chi connectivity index (χ2v) is 5.50. The van der Waals surface area contributed by atoms with E-state index in [1.807, 2.05) is 0 Å². The van der Waals surface area contributed by atoms with E-state index in [9.17, 15) is 0 Å². The Morgan fingerprint density at radius 2 is 1.88 bits per heavy atom. The van der Waals surface area contributed by atoms with Crippen LogP contribution in [0.15, 0.2) is 36.4 Å². The first kappa shape index (κ1) is 11.4. The minimum absolute atomic E-state index is 0.125. The lowest BCUT2D eigenvalue weighted by molar-refractivity contribution is 0.733. The van der Waals surface area contributed by atoms with Crippen LogP contribution < -0.4 is 5.73 Å². The fourth-order valence-electron chi connectivity index (χ4n) is 1.83. The molecule has 1 unspecified atom stereocenters. The summed E-state index contributed by atoms with van der Waals surface area (Å²) in [5.74, 6) is 0. The first-order chi connectivity index (χ1) is 7.66. The van der Waals surface area contributed by atoms with Gasteiger partial charge in [-0.05, 0) is 43.5 Å². The number of aryl methyl sites for hydroxylation is 2. The monoisotopic (exact) mass is 231 g/mol. The molecule has 16 heavy (non-hydrogen) atoms. The number of hydrogen-bond acceptors (Lipinski definition) is 2. The van der Waals surface area contributed by atoms with E-state index in [1.54, 1.807) is 11.3 Å². The normalized spacial score (nSPS) is 12.7. The molecule has 0 fully saturated rings. The van der Waals surface area contributed by atoms with Crippen LogP contribution in [0.3, 0.4) is 0 Å². The Labute approximate surface area is 101 Å². The SMILES string of the molecule is Cc1ccc(C(N)Cc2ccccc2C)s1. The van der Waals surface area contributed by atoms with Crippen molar-refractivity contribution < 1.29 is 0 Å². The van der Waals surface area contributed by atoms with Crippen LogP contribution in [0.5, 0.6) is 0 Å². The average molecular weight is 231 g/mol. The van der Waals surface area contributed by atoms with E-state index in [4.69, 9.17) is 5.73 Å². The van der Waals surface area contributed by atoms with Gasteiger partial charge in [0.15, 0.2) is 0 Å². The van der Waals surface area contributed by atoms with Crippen LogP contribution in [0.2, 0.25) is 0 Å². The van der Waals surface area contributed by atoms with Crippen LogP contribution in [-0.4, -0.2) is 0 Å². The largest absolute Gasteiger partial charge is 0.323 e. The number of rotatable bonds is 3. The van der Waals surface area contributed by atoms with Gasteiger partial charge < -0.3 is 5.73 Å². The zero-order chi connectivity index (χ0) is 11.5. The summed E-state index contributed by atoms with van der Waals surface area (Å²) in [5.41, 5.74) is 8.89. The molecule has 1 atom stereocenters. The molecule has 1 heterocycles. The Balaban J connectivity index is 2.13. The molecule has 1 nitrogen and oxygen atoms in total. The van der Waals surface area contributed by atoms with E-state index >= 15 is 0 Å². The van der Waals surface area contributed by atoms with Gasteiger partial charge in [-0.25, -0.2) is 0 Å². The van der Waals surface area contributed by atoms with Gasteiger partial charge in [0, 0.05) is 15.8 Å². The third-order valence-electron chi connectivity index (χ3n) is 2.83. The van der Waals surface area contributed by atoms with Crippen LogP contribution in [-0.2, 0) is 6.42 Å². The van der Waals surface area contributed by atoms with Crippen LogP contribution in [0.25, 0.3) is 0 Å². The molecule has 0 radical (unpaired) electrons. The summed E-state index contributed by atoms with van der Waals surface area (Å²) in [5, 5.41) is 0. The molecular formula is C14H17NS. The molecule has 1 aromatic heterocycles. The molecule has 0 saturated heterocycles. The highest BCUT2D eigenvalue weighted by Crippen LogP contribution is 2.24. The fourth-order valence-corrected chi connectivity index (χ4v) is 2.71. The van der Waals surface area contributed by atoms with Gasteiger partial charge in [-0.2, -0.15) is 0 Å². The molecule has 2 aromatic rings. The molecule has 0 bridgehead atoms.